The summed E-state index contributed by atoms with van der Waals surface area (Å²) in [6.07, 6.45) is 4.04. The summed E-state index contributed by atoms with van der Waals surface area (Å²) in [4.78, 5) is 23.1. The Morgan fingerprint density at radius 3 is 2.94 bits per heavy atom. The van der Waals surface area contributed by atoms with Crippen molar-refractivity contribution in [1.29, 1.82) is 0 Å². The minimum absolute atomic E-state index is 0.337. The van der Waals surface area contributed by atoms with E-state index < -0.39 is 11.6 Å². The highest BCUT2D eigenvalue weighted by atomic mass is 79.9. The van der Waals surface area contributed by atoms with E-state index in [9.17, 15) is 9.59 Å². The number of fused-ring (bicyclic) bond motifs is 2. The number of halogens is 1. The van der Waals surface area contributed by atoms with Crippen LogP contribution in [0.2, 0.25) is 0 Å². The number of urea groups is 1. The van der Waals surface area contributed by atoms with Gasteiger partial charge in [-0.3, -0.25) is 10.1 Å². The summed E-state index contributed by atoms with van der Waals surface area (Å²) in [6, 6.07) is 1.24. The van der Waals surface area contributed by atoms with Crippen molar-refractivity contribution in [3.63, 3.8) is 0 Å². The van der Waals surface area contributed by atoms with Gasteiger partial charge in [-0.2, -0.15) is 0 Å². The van der Waals surface area contributed by atoms with Crippen LogP contribution in [0.5, 0.6) is 0 Å². The van der Waals surface area contributed by atoms with E-state index in [0.29, 0.717) is 22.4 Å². The van der Waals surface area contributed by atoms with Crippen molar-refractivity contribution in [2.75, 3.05) is 0 Å². The smallest absolute Gasteiger partial charge is 0.322 e. The highest BCUT2D eigenvalue weighted by Crippen LogP contribution is 2.38. The highest BCUT2D eigenvalue weighted by Gasteiger charge is 2.50. The van der Waals surface area contributed by atoms with Gasteiger partial charge >= 0.3 is 6.03 Å². The van der Waals surface area contributed by atoms with Gasteiger partial charge in [0.25, 0.3) is 5.91 Å². The Morgan fingerprint density at radius 1 is 1.44 bits per heavy atom. The van der Waals surface area contributed by atoms with E-state index in [1.807, 2.05) is 6.08 Å². The summed E-state index contributed by atoms with van der Waals surface area (Å²) in [5.74, 6) is 0.256. The third-order valence-corrected chi connectivity index (χ3v) is 3.22. The van der Waals surface area contributed by atoms with Gasteiger partial charge < -0.3 is 9.73 Å². The van der Waals surface area contributed by atoms with Gasteiger partial charge in [-0.15, -0.1) is 0 Å². The van der Waals surface area contributed by atoms with Crippen molar-refractivity contribution in [3.05, 3.63) is 28.1 Å². The second kappa shape index (κ2) is 2.98. The second-order valence-electron chi connectivity index (χ2n) is 3.75. The van der Waals surface area contributed by atoms with Crippen LogP contribution in [0.25, 0.3) is 6.08 Å². The van der Waals surface area contributed by atoms with Crippen molar-refractivity contribution in [2.24, 2.45) is 0 Å². The van der Waals surface area contributed by atoms with E-state index in [4.69, 9.17) is 4.42 Å². The molecule has 1 fully saturated rings. The molecule has 2 N–H and O–H groups in total. The zero-order valence-electron chi connectivity index (χ0n) is 8.04. The topological polar surface area (TPSA) is 71.3 Å². The Labute approximate surface area is 99.0 Å². The number of hydrogen-bond donors (Lipinski definition) is 2. The summed E-state index contributed by atoms with van der Waals surface area (Å²) in [5.41, 5.74) is -0.318. The van der Waals surface area contributed by atoms with Crippen LogP contribution in [-0.2, 0) is 10.3 Å². The Morgan fingerprint density at radius 2 is 2.25 bits per heavy atom. The first-order valence-electron chi connectivity index (χ1n) is 4.72. The molecule has 5 nitrogen and oxygen atoms in total. The van der Waals surface area contributed by atoms with Gasteiger partial charge in [-0.25, -0.2) is 4.79 Å². The molecule has 0 bridgehead atoms. The predicted molar refractivity (Wildman–Crippen MR) is 58.4 cm³/mol. The van der Waals surface area contributed by atoms with Crippen LogP contribution >= 0.6 is 15.9 Å². The van der Waals surface area contributed by atoms with Crippen LogP contribution in [0.3, 0.4) is 0 Å². The van der Waals surface area contributed by atoms with E-state index in [0.717, 1.165) is 0 Å². The Hall–Kier alpha value is -1.56. The van der Waals surface area contributed by atoms with E-state index in [1.54, 1.807) is 12.1 Å². The molecule has 3 rings (SSSR count). The lowest BCUT2D eigenvalue weighted by Crippen LogP contribution is -2.44. The molecule has 0 saturated carbocycles. The molecule has 0 aromatic carbocycles. The Kier molecular flexibility index (Phi) is 1.79. The zero-order chi connectivity index (χ0) is 11.3. The maximum Gasteiger partial charge on any atom is 0.322 e. The van der Waals surface area contributed by atoms with Crippen molar-refractivity contribution >= 4 is 33.9 Å². The number of nitrogens with one attached hydrogen (secondary N) is 2. The third kappa shape index (κ3) is 1.10. The number of amides is 3. The molecule has 1 aromatic rings. The molecule has 1 aliphatic carbocycles. The summed E-state index contributed by atoms with van der Waals surface area (Å²) < 4.78 is 5.91. The highest BCUT2D eigenvalue weighted by molar-refractivity contribution is 9.10. The molecule has 1 saturated heterocycles. The summed E-state index contributed by atoms with van der Waals surface area (Å²) in [7, 11) is 0. The fourth-order valence-corrected chi connectivity index (χ4v) is 2.51. The van der Waals surface area contributed by atoms with Crippen LogP contribution in [0.1, 0.15) is 17.7 Å². The predicted octanol–water partition coefficient (Wildman–Crippen LogP) is 1.49. The van der Waals surface area contributed by atoms with Gasteiger partial charge in [-0.1, -0.05) is 6.08 Å². The molecule has 2 aliphatic rings. The van der Waals surface area contributed by atoms with E-state index in [2.05, 4.69) is 26.6 Å². The monoisotopic (exact) mass is 282 g/mol. The summed E-state index contributed by atoms with van der Waals surface area (Å²) in [5, 5.41) is 4.90. The first kappa shape index (κ1) is 9.65. The minimum Gasteiger partial charge on any atom is -0.450 e. The Balaban J connectivity index is 2.20. The molecule has 1 aliphatic heterocycles. The van der Waals surface area contributed by atoms with Crippen molar-refractivity contribution < 1.29 is 14.0 Å². The van der Waals surface area contributed by atoms with Gasteiger partial charge in [0.2, 0.25) is 0 Å². The number of hydrogen-bond acceptors (Lipinski definition) is 3. The molecule has 0 radical (unpaired) electrons. The molecular formula is C10H7BrN2O3. The maximum atomic E-state index is 11.8. The largest absolute Gasteiger partial charge is 0.450 e. The molecule has 3 amide bonds. The van der Waals surface area contributed by atoms with Gasteiger partial charge in [0.1, 0.15) is 5.76 Å². The van der Waals surface area contributed by atoms with Crippen molar-refractivity contribution in [2.45, 2.75) is 12.0 Å². The maximum absolute atomic E-state index is 11.8. The molecular weight excluding hydrogens is 276 g/mol. The van der Waals surface area contributed by atoms with E-state index in [-0.39, 0.29) is 5.91 Å². The zero-order valence-corrected chi connectivity index (χ0v) is 9.63. The lowest BCUT2D eigenvalue weighted by atomic mass is 9.83. The standard InChI is InChI=1S/C10H7BrN2O3/c11-7-4-5-6(16-7)2-1-3-10(5)8(14)12-9(15)13-10/h1-2,4H,3H2,(H2,12,13,14,15). The molecule has 6 heteroatoms. The molecule has 1 atom stereocenters. The average Bonchev–Trinajstić information content (AvgIpc) is 2.70. The molecule has 16 heavy (non-hydrogen) atoms. The van der Waals surface area contributed by atoms with Crippen molar-refractivity contribution in [3.8, 4) is 0 Å². The SMILES string of the molecule is O=C1NC(=O)C2(CC=Cc3oc(Br)cc32)N1. The van der Waals surface area contributed by atoms with Crippen LogP contribution < -0.4 is 10.6 Å². The van der Waals surface area contributed by atoms with Gasteiger partial charge in [0.15, 0.2) is 10.2 Å². The van der Waals surface area contributed by atoms with Crippen LogP contribution in [0.15, 0.2) is 21.2 Å². The summed E-state index contributed by atoms with van der Waals surface area (Å²) >= 11 is 3.21. The second-order valence-corrected chi connectivity index (χ2v) is 4.53. The minimum atomic E-state index is -1.00. The number of carbonyl (C=O) groups excluding carboxylic acids is 2. The fourth-order valence-electron chi connectivity index (χ4n) is 2.11. The normalized spacial score (nSPS) is 26.8. The van der Waals surface area contributed by atoms with Gasteiger partial charge in [0, 0.05) is 12.0 Å². The molecule has 1 spiro atoms. The first-order chi connectivity index (χ1) is 7.62. The molecule has 2 heterocycles. The van der Waals surface area contributed by atoms with Gasteiger partial charge in [-0.05, 0) is 28.1 Å². The first-order valence-corrected chi connectivity index (χ1v) is 5.51. The van der Waals surface area contributed by atoms with Crippen molar-refractivity contribution in [1.82, 2.24) is 10.6 Å². The quantitative estimate of drug-likeness (QED) is 0.709. The molecule has 1 unspecified atom stereocenters. The van der Waals surface area contributed by atoms with Crippen LogP contribution in [-0.4, -0.2) is 11.9 Å². The lowest BCUT2D eigenvalue weighted by Gasteiger charge is -2.26. The average molecular weight is 283 g/mol. The van der Waals surface area contributed by atoms with Crippen LogP contribution in [0.4, 0.5) is 4.79 Å². The van der Waals surface area contributed by atoms with Crippen LogP contribution in [0, 0.1) is 0 Å². The number of furan rings is 1. The molecule has 82 valence electrons. The third-order valence-electron chi connectivity index (χ3n) is 2.83. The molecule has 1 aromatic heterocycles. The Bertz CT molecular complexity index is 534. The number of carbonyl (C=O) groups is 2. The summed E-state index contributed by atoms with van der Waals surface area (Å²) in [6.45, 7) is 0. The number of imide groups is 1. The van der Waals surface area contributed by atoms with E-state index >= 15 is 0 Å². The van der Waals surface area contributed by atoms with E-state index in [1.165, 1.54) is 0 Å². The number of rotatable bonds is 0. The lowest BCUT2D eigenvalue weighted by molar-refractivity contribution is -0.124. The fraction of sp³-hybridized carbons (Fsp3) is 0.200. The van der Waals surface area contributed by atoms with Gasteiger partial charge in [0.05, 0.1) is 0 Å².